The third kappa shape index (κ3) is 5.14. The number of nitrogens with zero attached hydrogens (tertiary/aromatic N) is 2. The quantitative estimate of drug-likeness (QED) is 0.589. The van der Waals surface area contributed by atoms with Crippen LogP contribution in [0.25, 0.3) is 0 Å². The third-order valence-corrected chi connectivity index (χ3v) is 2.60. The van der Waals surface area contributed by atoms with Crippen molar-refractivity contribution in [1.82, 2.24) is 0 Å². The minimum atomic E-state index is -2.58. The zero-order valence-corrected chi connectivity index (χ0v) is 11.8. The van der Waals surface area contributed by atoms with Gasteiger partial charge in [-0.1, -0.05) is 0 Å². The van der Waals surface area contributed by atoms with Gasteiger partial charge in [-0.2, -0.15) is 0 Å². The van der Waals surface area contributed by atoms with E-state index in [4.69, 9.17) is 9.84 Å². The van der Waals surface area contributed by atoms with E-state index in [0.717, 1.165) is 0 Å². The zero-order chi connectivity index (χ0) is 16.0. The summed E-state index contributed by atoms with van der Waals surface area (Å²) in [4.78, 5) is 11.6. The Morgan fingerprint density at radius 2 is 2.10 bits per heavy atom. The lowest BCUT2D eigenvalue weighted by Gasteiger charge is -2.24. The van der Waals surface area contributed by atoms with E-state index in [1.807, 2.05) is 0 Å². The molecule has 0 aliphatic heterocycles. The van der Waals surface area contributed by atoms with Crippen molar-refractivity contribution < 1.29 is 23.5 Å². The second kappa shape index (κ2) is 7.72. The summed E-state index contributed by atoms with van der Waals surface area (Å²) in [5, 5.41) is 19.9. The molecule has 0 spiro atoms. The maximum absolute atomic E-state index is 12.5. The van der Waals surface area contributed by atoms with Gasteiger partial charge in [0.15, 0.2) is 5.75 Å². The van der Waals surface area contributed by atoms with E-state index < -0.39 is 17.9 Å². The van der Waals surface area contributed by atoms with Gasteiger partial charge in [-0.25, -0.2) is 8.78 Å². The van der Waals surface area contributed by atoms with Gasteiger partial charge in [0.2, 0.25) is 0 Å². The lowest BCUT2D eigenvalue weighted by Crippen LogP contribution is -2.31. The van der Waals surface area contributed by atoms with E-state index in [2.05, 4.69) is 0 Å². The highest BCUT2D eigenvalue weighted by molar-refractivity contribution is 5.59. The smallest absolute Gasteiger partial charge is 0.311 e. The van der Waals surface area contributed by atoms with Gasteiger partial charge in [0.1, 0.15) is 0 Å². The second-order valence-corrected chi connectivity index (χ2v) is 4.64. The Labute approximate surface area is 121 Å². The first-order valence-corrected chi connectivity index (χ1v) is 6.44. The van der Waals surface area contributed by atoms with Gasteiger partial charge in [-0.15, -0.1) is 0 Å². The van der Waals surface area contributed by atoms with Crippen LogP contribution in [0.1, 0.15) is 13.8 Å². The highest BCUT2D eigenvalue weighted by Crippen LogP contribution is 2.32. The molecule has 0 aliphatic carbocycles. The molecule has 0 aliphatic rings. The van der Waals surface area contributed by atoms with Crippen LogP contribution in [0, 0.1) is 10.1 Å². The fourth-order valence-corrected chi connectivity index (χ4v) is 1.81. The van der Waals surface area contributed by atoms with E-state index in [9.17, 15) is 18.9 Å². The van der Waals surface area contributed by atoms with Crippen LogP contribution in [-0.2, 0) is 0 Å². The first-order valence-electron chi connectivity index (χ1n) is 6.44. The van der Waals surface area contributed by atoms with E-state index in [0.29, 0.717) is 5.69 Å². The molecule has 21 heavy (non-hydrogen) atoms. The van der Waals surface area contributed by atoms with Crippen molar-refractivity contribution in [3.63, 3.8) is 0 Å². The Morgan fingerprint density at radius 3 is 2.57 bits per heavy atom. The lowest BCUT2D eigenvalue weighted by molar-refractivity contribution is -0.386. The second-order valence-electron chi connectivity index (χ2n) is 4.64. The molecule has 1 aromatic carbocycles. The average molecular weight is 304 g/mol. The summed E-state index contributed by atoms with van der Waals surface area (Å²) in [5.41, 5.74) is 0.110. The summed E-state index contributed by atoms with van der Waals surface area (Å²) in [7, 11) is 0. The Morgan fingerprint density at radius 1 is 1.43 bits per heavy atom. The van der Waals surface area contributed by atoms with Crippen molar-refractivity contribution in [2.75, 3.05) is 24.6 Å². The Balaban J connectivity index is 3.14. The van der Waals surface area contributed by atoms with Crippen molar-refractivity contribution in [2.45, 2.75) is 26.4 Å². The monoisotopic (exact) mass is 304 g/mol. The minimum absolute atomic E-state index is 0.00324. The predicted octanol–water partition coefficient (Wildman–Crippen LogP) is 2.45. The van der Waals surface area contributed by atoms with Crippen molar-refractivity contribution >= 4 is 11.4 Å². The molecule has 8 heteroatoms. The summed E-state index contributed by atoms with van der Waals surface area (Å²) in [6.45, 7) is 2.55. The Kier molecular flexibility index (Phi) is 6.29. The standard InChI is InChI=1S/C13H18F2N2O4/c1-9(2)21-12-7-10(3-4-11(12)17(19)20)16(5-6-18)8-13(14)15/h3-4,7,9,13,18H,5-6,8H2,1-2H3. The highest BCUT2D eigenvalue weighted by atomic mass is 19.3. The number of benzene rings is 1. The van der Waals surface area contributed by atoms with Crippen LogP contribution in [-0.4, -0.2) is 42.3 Å². The molecule has 0 aromatic heterocycles. The number of alkyl halides is 2. The minimum Gasteiger partial charge on any atom is -0.484 e. The lowest BCUT2D eigenvalue weighted by atomic mass is 10.2. The van der Waals surface area contributed by atoms with Gasteiger partial charge in [-0.05, 0) is 19.9 Å². The van der Waals surface area contributed by atoms with E-state index in [-0.39, 0.29) is 30.7 Å². The summed E-state index contributed by atoms with van der Waals surface area (Å²) < 4.78 is 30.5. The number of ether oxygens (including phenoxy) is 1. The van der Waals surface area contributed by atoms with Gasteiger partial charge in [0, 0.05) is 24.4 Å². The van der Waals surface area contributed by atoms with E-state index in [1.165, 1.54) is 23.1 Å². The summed E-state index contributed by atoms with van der Waals surface area (Å²) in [6.07, 6.45) is -2.87. The van der Waals surface area contributed by atoms with Crippen LogP contribution in [0.2, 0.25) is 0 Å². The summed E-state index contributed by atoms with van der Waals surface area (Å²) in [6, 6.07) is 3.92. The molecule has 1 N–H and O–H groups in total. The molecule has 0 unspecified atom stereocenters. The molecule has 0 saturated carbocycles. The number of nitro benzene ring substituents is 1. The molecule has 1 rings (SSSR count). The fraction of sp³-hybridized carbons (Fsp3) is 0.538. The van der Waals surface area contributed by atoms with Crippen LogP contribution in [0.15, 0.2) is 18.2 Å². The SMILES string of the molecule is CC(C)Oc1cc(N(CCO)CC(F)F)ccc1[N+](=O)[O-]. The average Bonchev–Trinajstić information content (AvgIpc) is 2.36. The molecule has 0 bridgehead atoms. The largest absolute Gasteiger partial charge is 0.484 e. The topological polar surface area (TPSA) is 75.8 Å². The molecule has 0 radical (unpaired) electrons. The van der Waals surface area contributed by atoms with Gasteiger partial charge in [-0.3, -0.25) is 10.1 Å². The predicted molar refractivity (Wildman–Crippen MR) is 74.2 cm³/mol. The number of anilines is 1. The normalized spacial score (nSPS) is 11.0. The van der Waals surface area contributed by atoms with Gasteiger partial charge < -0.3 is 14.7 Å². The van der Waals surface area contributed by atoms with E-state index in [1.54, 1.807) is 13.8 Å². The maximum atomic E-state index is 12.5. The number of aliphatic hydroxyl groups is 1. The van der Waals surface area contributed by atoms with Crippen LogP contribution in [0.3, 0.4) is 0 Å². The molecular weight excluding hydrogens is 286 g/mol. The molecular formula is C13H18F2N2O4. The number of nitro groups is 1. The van der Waals surface area contributed by atoms with Crippen molar-refractivity contribution in [3.05, 3.63) is 28.3 Å². The molecule has 118 valence electrons. The molecule has 0 amide bonds. The number of aliphatic hydroxyl groups excluding tert-OH is 1. The zero-order valence-electron chi connectivity index (χ0n) is 11.8. The molecule has 6 nitrogen and oxygen atoms in total. The molecule has 0 saturated heterocycles. The van der Waals surface area contributed by atoms with Gasteiger partial charge in [0.05, 0.1) is 24.2 Å². The van der Waals surface area contributed by atoms with Crippen molar-refractivity contribution in [2.24, 2.45) is 0 Å². The highest BCUT2D eigenvalue weighted by Gasteiger charge is 2.20. The van der Waals surface area contributed by atoms with Crippen LogP contribution in [0.5, 0.6) is 5.75 Å². The Bertz CT molecular complexity index is 483. The molecule has 0 atom stereocenters. The van der Waals surface area contributed by atoms with Crippen LogP contribution >= 0.6 is 0 Å². The van der Waals surface area contributed by atoms with Crippen LogP contribution < -0.4 is 9.64 Å². The number of rotatable bonds is 8. The summed E-state index contributed by atoms with van der Waals surface area (Å²) >= 11 is 0. The molecule has 0 fully saturated rings. The molecule has 0 heterocycles. The number of hydrogen-bond acceptors (Lipinski definition) is 5. The summed E-state index contributed by atoms with van der Waals surface area (Å²) in [5.74, 6) is 0.0182. The van der Waals surface area contributed by atoms with Gasteiger partial charge in [0.25, 0.3) is 6.43 Å². The van der Waals surface area contributed by atoms with Crippen LogP contribution in [0.4, 0.5) is 20.2 Å². The fourth-order valence-electron chi connectivity index (χ4n) is 1.81. The number of hydrogen-bond donors (Lipinski definition) is 1. The van der Waals surface area contributed by atoms with Crippen molar-refractivity contribution in [1.29, 1.82) is 0 Å². The van der Waals surface area contributed by atoms with Gasteiger partial charge >= 0.3 is 5.69 Å². The first kappa shape index (κ1) is 17.1. The Hall–Kier alpha value is -1.96. The third-order valence-electron chi connectivity index (χ3n) is 2.60. The van der Waals surface area contributed by atoms with E-state index >= 15 is 0 Å². The molecule has 1 aromatic rings. The first-order chi connectivity index (χ1) is 9.85. The number of halogens is 2. The van der Waals surface area contributed by atoms with Crippen molar-refractivity contribution in [3.8, 4) is 5.75 Å². The maximum Gasteiger partial charge on any atom is 0.311 e.